The van der Waals surface area contributed by atoms with Crippen LogP contribution in [0.15, 0.2) is 0 Å². The number of ether oxygens (including phenoxy) is 7. The second-order valence-electron chi connectivity index (χ2n) is 11.2. The molecule has 4 aliphatic rings. The van der Waals surface area contributed by atoms with Crippen molar-refractivity contribution in [2.75, 3.05) is 19.8 Å². The fraction of sp³-hybridized carbons (Fsp3) is 0.958. The fourth-order valence-corrected chi connectivity index (χ4v) is 5.51. The van der Waals surface area contributed by atoms with Crippen LogP contribution < -0.4 is 0 Å². The minimum atomic E-state index is -2.20. The van der Waals surface area contributed by atoms with Crippen LogP contribution in [0.4, 0.5) is 0 Å². The number of hydrogen-bond donors (Lipinski definition) is 14. The normalized spacial score (nSPS) is 51.9. The standard InChI is InChI=1S/C24H40O22/c25-1-4-7(28)8(29)13(34)22(41-4)45-18-11(32)15(36)24(46-19(18)20(37)38)44-17-6(3-27)42-23(14(35)10(17)31)43-16-5(2-26)40-21(39)12(33)9(16)30/h4-19,21-36,39H,1-3H2,(H,37,38)/t4-,5+,6-,7-,8+,9+,10-,11-,12-,13-,14-,15-,16+,17-,18+,19+,21-,22+,23+,24-/m1/s1. The Hall–Kier alpha value is -1.33. The number of aliphatic hydroxyl groups is 13. The summed E-state index contributed by atoms with van der Waals surface area (Å²) in [4.78, 5) is 12.1. The zero-order valence-electron chi connectivity index (χ0n) is 23.7. The second-order valence-corrected chi connectivity index (χ2v) is 11.2. The third-order valence-electron chi connectivity index (χ3n) is 8.17. The maximum Gasteiger partial charge on any atom is 0.335 e. The van der Waals surface area contributed by atoms with Gasteiger partial charge in [-0.05, 0) is 0 Å². The van der Waals surface area contributed by atoms with Gasteiger partial charge in [0.1, 0.15) is 91.6 Å². The van der Waals surface area contributed by atoms with Crippen LogP contribution in [0.2, 0.25) is 0 Å². The van der Waals surface area contributed by atoms with Gasteiger partial charge >= 0.3 is 5.97 Å². The van der Waals surface area contributed by atoms with Crippen molar-refractivity contribution in [2.45, 2.75) is 123 Å². The van der Waals surface area contributed by atoms with Gasteiger partial charge in [-0.1, -0.05) is 0 Å². The molecule has 0 radical (unpaired) electrons. The van der Waals surface area contributed by atoms with Crippen molar-refractivity contribution in [3.05, 3.63) is 0 Å². The molecule has 46 heavy (non-hydrogen) atoms. The maximum absolute atomic E-state index is 12.1. The molecule has 0 saturated carbocycles. The van der Waals surface area contributed by atoms with Gasteiger partial charge in [-0.25, -0.2) is 4.79 Å². The SMILES string of the molecule is O=C(O)[C@H]1O[C@@H](O[C@H]2[C@H](O)[C@@H](O)[C@H](O[C@@H]3[C@@H](O)[C@@H](O)[C@H](O)O[C@H]3CO)O[C@@H]2CO)[C@H](O)[C@@H](O)[C@@H]1O[C@@H]1O[C@H](CO)[C@@H](O)[C@H](O)[C@H]1O. The van der Waals surface area contributed by atoms with E-state index < -0.39 is 149 Å². The molecule has 0 aromatic rings. The zero-order valence-corrected chi connectivity index (χ0v) is 23.7. The molecule has 4 saturated heterocycles. The minimum absolute atomic E-state index is 0.836. The van der Waals surface area contributed by atoms with Crippen LogP contribution in [0.1, 0.15) is 0 Å². The average Bonchev–Trinajstić information content (AvgIpc) is 3.03. The molecule has 268 valence electrons. The number of hydrogen-bond acceptors (Lipinski definition) is 21. The van der Waals surface area contributed by atoms with Crippen molar-refractivity contribution in [3.63, 3.8) is 0 Å². The Morgan fingerprint density at radius 1 is 0.457 bits per heavy atom. The Bertz CT molecular complexity index is 986. The zero-order chi connectivity index (χ0) is 34.2. The Balaban J connectivity index is 1.46. The van der Waals surface area contributed by atoms with Crippen molar-refractivity contribution in [2.24, 2.45) is 0 Å². The third kappa shape index (κ3) is 7.31. The van der Waals surface area contributed by atoms with Gasteiger partial charge in [-0.3, -0.25) is 0 Å². The first-order valence-corrected chi connectivity index (χ1v) is 14.1. The molecule has 14 N–H and O–H groups in total. The van der Waals surface area contributed by atoms with Gasteiger partial charge in [0.05, 0.1) is 19.8 Å². The van der Waals surface area contributed by atoms with Gasteiger partial charge < -0.3 is 105 Å². The lowest BCUT2D eigenvalue weighted by atomic mass is 9.95. The van der Waals surface area contributed by atoms with E-state index in [0.717, 1.165) is 0 Å². The summed E-state index contributed by atoms with van der Waals surface area (Å²) >= 11 is 0. The molecule has 0 unspecified atom stereocenters. The van der Waals surface area contributed by atoms with Crippen LogP contribution in [0.25, 0.3) is 0 Å². The van der Waals surface area contributed by atoms with E-state index in [1.165, 1.54) is 0 Å². The molecule has 4 fully saturated rings. The molecule has 22 nitrogen and oxygen atoms in total. The van der Waals surface area contributed by atoms with Crippen LogP contribution in [0.3, 0.4) is 0 Å². The Labute approximate surface area is 258 Å². The minimum Gasteiger partial charge on any atom is -0.479 e. The summed E-state index contributed by atoms with van der Waals surface area (Å²) in [7, 11) is 0. The lowest BCUT2D eigenvalue weighted by Gasteiger charge is -2.48. The van der Waals surface area contributed by atoms with Gasteiger partial charge in [-0.2, -0.15) is 0 Å². The van der Waals surface area contributed by atoms with Crippen molar-refractivity contribution in [1.82, 2.24) is 0 Å². The molecular formula is C24H40O22. The van der Waals surface area contributed by atoms with Gasteiger partial charge in [0.15, 0.2) is 31.3 Å². The highest BCUT2D eigenvalue weighted by Crippen LogP contribution is 2.34. The molecule has 20 atom stereocenters. The summed E-state index contributed by atoms with van der Waals surface area (Å²) < 4.78 is 37.0. The summed E-state index contributed by atoms with van der Waals surface area (Å²) in [5, 5.41) is 142. The van der Waals surface area contributed by atoms with Gasteiger partial charge in [0, 0.05) is 0 Å². The van der Waals surface area contributed by atoms with E-state index in [1.54, 1.807) is 0 Å². The Morgan fingerprint density at radius 2 is 0.848 bits per heavy atom. The van der Waals surface area contributed by atoms with Crippen LogP contribution in [-0.2, 0) is 38.0 Å². The second kappa shape index (κ2) is 15.5. The summed E-state index contributed by atoms with van der Waals surface area (Å²) in [5.74, 6) is -1.80. The first-order chi connectivity index (χ1) is 21.7. The molecule has 0 aliphatic carbocycles. The molecule has 4 rings (SSSR count). The number of rotatable bonds is 10. The maximum atomic E-state index is 12.1. The predicted octanol–water partition coefficient (Wildman–Crippen LogP) is -9.66. The molecule has 4 aliphatic heterocycles. The first-order valence-electron chi connectivity index (χ1n) is 14.1. The van der Waals surface area contributed by atoms with E-state index >= 15 is 0 Å². The van der Waals surface area contributed by atoms with E-state index in [1.807, 2.05) is 0 Å². The van der Waals surface area contributed by atoms with E-state index in [9.17, 15) is 76.3 Å². The summed E-state index contributed by atoms with van der Waals surface area (Å²) in [6.07, 6.45) is -38.1. The van der Waals surface area contributed by atoms with E-state index in [2.05, 4.69) is 0 Å². The molecule has 0 bridgehead atoms. The molecule has 0 aromatic heterocycles. The van der Waals surface area contributed by atoms with Crippen LogP contribution in [0.5, 0.6) is 0 Å². The summed E-state index contributed by atoms with van der Waals surface area (Å²) in [5.41, 5.74) is 0. The predicted molar refractivity (Wildman–Crippen MR) is 134 cm³/mol. The number of carbonyl (C=O) groups is 1. The molecule has 22 heteroatoms. The van der Waals surface area contributed by atoms with E-state index in [4.69, 9.17) is 33.2 Å². The number of carboxylic acids is 1. The number of carboxylic acid groups (broad SMARTS) is 1. The number of aliphatic carboxylic acids is 1. The molecule has 0 amide bonds. The number of aliphatic hydroxyl groups excluding tert-OH is 13. The van der Waals surface area contributed by atoms with Gasteiger partial charge in [0.25, 0.3) is 0 Å². The summed E-state index contributed by atoms with van der Waals surface area (Å²) in [6.45, 7) is -2.66. The topological polar surface area (TPSA) is 365 Å². The van der Waals surface area contributed by atoms with Gasteiger partial charge in [0.2, 0.25) is 0 Å². The third-order valence-corrected chi connectivity index (χ3v) is 8.17. The lowest BCUT2D eigenvalue weighted by molar-refractivity contribution is -0.384. The Morgan fingerprint density at radius 3 is 1.35 bits per heavy atom. The van der Waals surface area contributed by atoms with Crippen LogP contribution in [-0.4, -0.2) is 220 Å². The quantitative estimate of drug-likeness (QED) is 0.102. The van der Waals surface area contributed by atoms with E-state index in [0.29, 0.717) is 0 Å². The smallest absolute Gasteiger partial charge is 0.335 e. The summed E-state index contributed by atoms with van der Waals surface area (Å²) in [6, 6.07) is 0. The van der Waals surface area contributed by atoms with Crippen molar-refractivity contribution >= 4 is 5.97 Å². The fourth-order valence-electron chi connectivity index (χ4n) is 5.51. The van der Waals surface area contributed by atoms with Crippen LogP contribution in [0, 0.1) is 0 Å². The van der Waals surface area contributed by atoms with Crippen molar-refractivity contribution < 1.29 is 109 Å². The van der Waals surface area contributed by atoms with Crippen molar-refractivity contribution in [1.29, 1.82) is 0 Å². The van der Waals surface area contributed by atoms with Crippen molar-refractivity contribution in [3.8, 4) is 0 Å². The molecule has 0 spiro atoms. The molecular weight excluding hydrogens is 640 g/mol. The highest BCUT2D eigenvalue weighted by Gasteiger charge is 2.56. The highest BCUT2D eigenvalue weighted by molar-refractivity contribution is 5.73. The average molecular weight is 681 g/mol. The van der Waals surface area contributed by atoms with Crippen LogP contribution >= 0.6 is 0 Å². The monoisotopic (exact) mass is 680 g/mol. The lowest BCUT2D eigenvalue weighted by Crippen LogP contribution is -2.67. The molecule has 4 heterocycles. The Kier molecular flexibility index (Phi) is 12.6. The largest absolute Gasteiger partial charge is 0.479 e. The first kappa shape index (κ1) is 37.5. The van der Waals surface area contributed by atoms with Gasteiger partial charge in [-0.15, -0.1) is 0 Å². The highest BCUT2D eigenvalue weighted by atomic mass is 16.8. The van der Waals surface area contributed by atoms with E-state index in [-0.39, 0.29) is 0 Å². The molecule has 0 aromatic carbocycles.